The van der Waals surface area contributed by atoms with Gasteiger partial charge in [0.2, 0.25) is 5.91 Å². The molecule has 2 aromatic rings. The molecule has 1 fully saturated rings. The Labute approximate surface area is 179 Å². The summed E-state index contributed by atoms with van der Waals surface area (Å²) in [6.45, 7) is 9.35. The molecule has 2 aliphatic heterocycles. The fourth-order valence-corrected chi connectivity index (χ4v) is 4.49. The molecule has 0 aromatic heterocycles. The molecule has 4 rings (SSSR count). The van der Waals surface area contributed by atoms with Gasteiger partial charge in [-0.05, 0) is 55.7 Å². The molecule has 0 bridgehead atoms. The number of carbonyl (C=O) groups excluding carboxylic acids is 2. The lowest BCUT2D eigenvalue weighted by molar-refractivity contribution is -0.135. The van der Waals surface area contributed by atoms with Gasteiger partial charge in [0.05, 0.1) is 24.0 Å². The van der Waals surface area contributed by atoms with Crippen LogP contribution < -0.4 is 10.6 Å². The van der Waals surface area contributed by atoms with E-state index in [1.165, 1.54) is 4.90 Å². The van der Waals surface area contributed by atoms with Crippen molar-refractivity contribution in [3.05, 3.63) is 70.5 Å². The molecule has 30 heavy (non-hydrogen) atoms. The number of nitrogens with zero attached hydrogens (tertiary/aromatic N) is 1. The van der Waals surface area contributed by atoms with Crippen molar-refractivity contribution < 1.29 is 14.0 Å². The van der Waals surface area contributed by atoms with Crippen molar-refractivity contribution in [2.24, 2.45) is 0 Å². The van der Waals surface area contributed by atoms with Gasteiger partial charge in [-0.25, -0.2) is 4.39 Å². The fraction of sp³-hybridized carbons (Fsp3) is 0.304. The summed E-state index contributed by atoms with van der Waals surface area (Å²) < 4.78 is 13.4. The summed E-state index contributed by atoms with van der Waals surface area (Å²) in [6.07, 6.45) is 0. The summed E-state index contributed by atoms with van der Waals surface area (Å²) in [5.41, 5.74) is 3.10. The number of nitrogens with one attached hydrogen (secondary N) is 2. The van der Waals surface area contributed by atoms with Crippen LogP contribution in [0.5, 0.6) is 0 Å². The Kier molecular flexibility index (Phi) is 4.66. The Morgan fingerprint density at radius 1 is 1.23 bits per heavy atom. The lowest BCUT2D eigenvalue weighted by Crippen LogP contribution is -2.65. The fourth-order valence-electron chi connectivity index (χ4n) is 4.31. The van der Waals surface area contributed by atoms with Gasteiger partial charge >= 0.3 is 0 Å². The van der Waals surface area contributed by atoms with Crippen LogP contribution in [0, 0.1) is 6.92 Å². The van der Waals surface area contributed by atoms with E-state index < -0.39 is 22.7 Å². The Morgan fingerprint density at radius 2 is 1.93 bits per heavy atom. The normalized spacial score (nSPS) is 18.3. The largest absolute Gasteiger partial charge is 0.372 e. The van der Waals surface area contributed by atoms with E-state index in [0.29, 0.717) is 5.02 Å². The quantitative estimate of drug-likeness (QED) is 0.706. The van der Waals surface area contributed by atoms with E-state index in [4.69, 9.17) is 11.6 Å². The number of likely N-dealkylation sites (tertiary alicyclic amines) is 1. The highest BCUT2D eigenvalue weighted by molar-refractivity contribution is 6.31. The first-order valence-corrected chi connectivity index (χ1v) is 10.1. The van der Waals surface area contributed by atoms with Crippen molar-refractivity contribution in [3.63, 3.8) is 0 Å². The second-order valence-corrected chi connectivity index (χ2v) is 8.93. The molecule has 0 saturated carbocycles. The maximum atomic E-state index is 13.4. The van der Waals surface area contributed by atoms with Crippen LogP contribution >= 0.6 is 11.6 Å². The number of fused-ring (bicyclic) bond motifs is 1. The smallest absolute Gasteiger partial charge is 0.282 e. The van der Waals surface area contributed by atoms with E-state index in [1.54, 1.807) is 0 Å². The number of anilines is 2. The number of amides is 2. The van der Waals surface area contributed by atoms with Gasteiger partial charge in [0.15, 0.2) is 5.83 Å². The first-order valence-electron chi connectivity index (χ1n) is 9.68. The van der Waals surface area contributed by atoms with E-state index in [-0.39, 0.29) is 19.0 Å². The second kappa shape index (κ2) is 6.84. The highest BCUT2D eigenvalue weighted by atomic mass is 35.5. The zero-order valence-electron chi connectivity index (χ0n) is 17.1. The summed E-state index contributed by atoms with van der Waals surface area (Å²) in [6, 6.07) is 11.4. The van der Waals surface area contributed by atoms with Crippen molar-refractivity contribution >= 4 is 34.8 Å². The molecule has 2 aromatic carbocycles. The third-order valence-corrected chi connectivity index (χ3v) is 6.53. The van der Waals surface area contributed by atoms with Crippen LogP contribution in [0.1, 0.15) is 30.5 Å². The number of hydrogen-bond acceptors (Lipinski definition) is 3. The average molecular weight is 428 g/mol. The third-order valence-electron chi connectivity index (χ3n) is 6.12. The van der Waals surface area contributed by atoms with Gasteiger partial charge in [-0.15, -0.1) is 0 Å². The average Bonchev–Trinajstić information content (AvgIpc) is 2.88. The van der Waals surface area contributed by atoms with E-state index in [0.717, 1.165) is 28.1 Å². The SMILES string of the molecule is C=C(F)C(=O)N1CC(Nc2ccc3c(c2)NC(=O)C3(C)C)(c2cccc(Cl)c2C)C1. The van der Waals surface area contributed by atoms with E-state index in [2.05, 4.69) is 17.2 Å². The summed E-state index contributed by atoms with van der Waals surface area (Å²) in [5, 5.41) is 7.06. The molecule has 5 nitrogen and oxygen atoms in total. The first kappa shape index (κ1) is 20.4. The van der Waals surface area contributed by atoms with Crippen molar-refractivity contribution in [3.8, 4) is 0 Å². The molecular formula is C23H23ClFN3O2. The predicted octanol–water partition coefficient (Wildman–Crippen LogP) is 4.51. The Morgan fingerprint density at radius 3 is 2.60 bits per heavy atom. The minimum absolute atomic E-state index is 0.0445. The lowest BCUT2D eigenvalue weighted by Gasteiger charge is -2.51. The minimum atomic E-state index is -0.978. The summed E-state index contributed by atoms with van der Waals surface area (Å²) in [7, 11) is 0. The summed E-state index contributed by atoms with van der Waals surface area (Å²) >= 11 is 6.35. The van der Waals surface area contributed by atoms with Gasteiger partial charge in [0.1, 0.15) is 0 Å². The predicted molar refractivity (Wildman–Crippen MR) is 116 cm³/mol. The molecule has 1 saturated heterocycles. The number of hydrogen-bond donors (Lipinski definition) is 2. The molecule has 7 heteroatoms. The highest BCUT2D eigenvalue weighted by Gasteiger charge is 2.48. The van der Waals surface area contributed by atoms with E-state index >= 15 is 0 Å². The molecule has 0 radical (unpaired) electrons. The van der Waals surface area contributed by atoms with Crippen LogP contribution in [0.3, 0.4) is 0 Å². The van der Waals surface area contributed by atoms with Crippen LogP contribution in [-0.2, 0) is 20.5 Å². The maximum Gasteiger partial charge on any atom is 0.282 e. The minimum Gasteiger partial charge on any atom is -0.372 e. The molecule has 156 valence electrons. The molecule has 2 N–H and O–H groups in total. The van der Waals surface area contributed by atoms with Gasteiger partial charge in [-0.3, -0.25) is 9.59 Å². The number of halogens is 2. The molecule has 0 aliphatic carbocycles. The maximum absolute atomic E-state index is 13.4. The highest BCUT2D eigenvalue weighted by Crippen LogP contribution is 2.42. The molecule has 0 atom stereocenters. The van der Waals surface area contributed by atoms with E-state index in [1.807, 2.05) is 57.2 Å². The van der Waals surface area contributed by atoms with Gasteiger partial charge in [0, 0.05) is 16.4 Å². The molecule has 0 spiro atoms. The molecule has 2 amide bonds. The van der Waals surface area contributed by atoms with E-state index in [9.17, 15) is 14.0 Å². The lowest BCUT2D eigenvalue weighted by atomic mass is 9.79. The van der Waals surface area contributed by atoms with Gasteiger partial charge in [0.25, 0.3) is 5.91 Å². The third kappa shape index (κ3) is 3.06. The second-order valence-electron chi connectivity index (χ2n) is 8.53. The van der Waals surface area contributed by atoms with Crippen molar-refractivity contribution in [1.82, 2.24) is 4.90 Å². The number of rotatable bonds is 4. The van der Waals surface area contributed by atoms with Crippen LogP contribution in [0.2, 0.25) is 5.02 Å². The summed E-state index contributed by atoms with van der Waals surface area (Å²) in [5.74, 6) is -1.74. The Balaban J connectivity index is 1.70. The van der Waals surface area contributed by atoms with Crippen LogP contribution in [0.4, 0.5) is 15.8 Å². The van der Waals surface area contributed by atoms with Crippen LogP contribution in [0.25, 0.3) is 0 Å². The topological polar surface area (TPSA) is 61.4 Å². The van der Waals surface area contributed by atoms with Gasteiger partial charge < -0.3 is 15.5 Å². The van der Waals surface area contributed by atoms with Gasteiger partial charge in [-0.2, -0.15) is 0 Å². The zero-order chi connectivity index (χ0) is 21.8. The molecule has 0 unspecified atom stereocenters. The summed E-state index contributed by atoms with van der Waals surface area (Å²) in [4.78, 5) is 25.7. The van der Waals surface area contributed by atoms with Crippen molar-refractivity contribution in [2.75, 3.05) is 23.7 Å². The van der Waals surface area contributed by atoms with Crippen LogP contribution in [0.15, 0.2) is 48.8 Å². The molecule has 2 heterocycles. The van der Waals surface area contributed by atoms with Crippen LogP contribution in [-0.4, -0.2) is 29.8 Å². The number of benzene rings is 2. The Hall–Kier alpha value is -2.86. The van der Waals surface area contributed by atoms with Gasteiger partial charge in [-0.1, -0.05) is 36.4 Å². The Bertz CT molecular complexity index is 1090. The first-order chi connectivity index (χ1) is 14.0. The van der Waals surface area contributed by atoms with Crippen molar-refractivity contribution in [1.29, 1.82) is 0 Å². The molecule has 2 aliphatic rings. The molecular weight excluding hydrogens is 405 g/mol. The van der Waals surface area contributed by atoms with Crippen molar-refractivity contribution in [2.45, 2.75) is 31.7 Å². The number of carbonyl (C=O) groups is 2. The zero-order valence-corrected chi connectivity index (χ0v) is 17.9. The monoisotopic (exact) mass is 427 g/mol. The standard InChI is InChI=1S/C23H23ClFN3O2/c1-13-16(6-5-7-18(13)24)23(11-28(12-23)20(29)14(2)25)27-15-8-9-17-19(10-15)26-21(30)22(17,3)4/h5-10,27H,2,11-12H2,1,3-4H3,(H,26,30).